The fourth-order valence-electron chi connectivity index (χ4n) is 1.56. The number of esters is 2. The molecule has 4 nitrogen and oxygen atoms in total. The maximum absolute atomic E-state index is 12.2. The predicted molar refractivity (Wildman–Crippen MR) is 88.0 cm³/mol. The molecule has 0 fully saturated rings. The highest BCUT2D eigenvalue weighted by molar-refractivity contribution is 6.30. The minimum Gasteiger partial charge on any atom is -0.426 e. The zero-order chi connectivity index (χ0) is 17.0. The Morgan fingerprint density at radius 2 is 1.04 bits per heavy atom. The number of ether oxygens (including phenoxy) is 2. The van der Waals surface area contributed by atoms with Gasteiger partial charge < -0.3 is 9.47 Å². The van der Waals surface area contributed by atoms with Gasteiger partial charge in [0.1, 0.15) is 11.5 Å². The van der Waals surface area contributed by atoms with E-state index in [9.17, 15) is 9.59 Å². The van der Waals surface area contributed by atoms with Crippen LogP contribution in [0.5, 0.6) is 11.5 Å². The molecule has 0 heterocycles. The van der Waals surface area contributed by atoms with Crippen LogP contribution in [0.15, 0.2) is 48.5 Å². The van der Waals surface area contributed by atoms with E-state index < -0.39 is 17.4 Å². The van der Waals surface area contributed by atoms with Crippen LogP contribution in [0.4, 0.5) is 0 Å². The number of halogens is 2. The van der Waals surface area contributed by atoms with Gasteiger partial charge in [0, 0.05) is 10.0 Å². The lowest BCUT2D eigenvalue weighted by Gasteiger charge is -2.20. The summed E-state index contributed by atoms with van der Waals surface area (Å²) in [6, 6.07) is 12.5. The summed E-state index contributed by atoms with van der Waals surface area (Å²) in [4.78, 5) is 24.5. The van der Waals surface area contributed by atoms with Gasteiger partial charge in [0.25, 0.3) is 0 Å². The quantitative estimate of drug-likeness (QED) is 0.460. The van der Waals surface area contributed by atoms with E-state index in [1.807, 2.05) is 0 Å². The molecular weight excluding hydrogens is 339 g/mol. The first-order chi connectivity index (χ1) is 10.8. The Kier molecular flexibility index (Phi) is 5.29. The molecule has 120 valence electrons. The van der Waals surface area contributed by atoms with Crippen LogP contribution in [-0.2, 0) is 9.59 Å². The molecule has 0 aliphatic rings. The Labute approximate surface area is 143 Å². The third kappa shape index (κ3) is 4.47. The molecule has 0 bridgehead atoms. The average molecular weight is 353 g/mol. The van der Waals surface area contributed by atoms with Crippen LogP contribution in [0.25, 0.3) is 0 Å². The van der Waals surface area contributed by atoms with E-state index in [4.69, 9.17) is 32.7 Å². The van der Waals surface area contributed by atoms with Crippen LogP contribution in [0, 0.1) is 5.41 Å². The van der Waals surface area contributed by atoms with Crippen molar-refractivity contribution < 1.29 is 19.1 Å². The summed E-state index contributed by atoms with van der Waals surface area (Å²) < 4.78 is 10.4. The second kappa shape index (κ2) is 7.02. The van der Waals surface area contributed by atoms with E-state index in [0.717, 1.165) is 0 Å². The Hall–Kier alpha value is -2.04. The fourth-order valence-corrected chi connectivity index (χ4v) is 1.81. The average Bonchev–Trinajstić information content (AvgIpc) is 2.51. The molecule has 0 N–H and O–H groups in total. The molecule has 0 aliphatic heterocycles. The maximum Gasteiger partial charge on any atom is 0.328 e. The maximum atomic E-state index is 12.2. The number of carbonyl (C=O) groups is 2. The molecule has 2 rings (SSSR count). The van der Waals surface area contributed by atoms with Crippen LogP contribution < -0.4 is 9.47 Å². The molecule has 0 spiro atoms. The Bertz CT molecular complexity index is 645. The fraction of sp³-hybridized carbons (Fsp3) is 0.176. The number of hydrogen-bond donors (Lipinski definition) is 0. The van der Waals surface area contributed by atoms with Crippen molar-refractivity contribution in [2.75, 3.05) is 0 Å². The summed E-state index contributed by atoms with van der Waals surface area (Å²) in [5.41, 5.74) is -1.47. The van der Waals surface area contributed by atoms with Gasteiger partial charge in [-0.05, 0) is 62.4 Å². The molecule has 2 aromatic rings. The van der Waals surface area contributed by atoms with Crippen LogP contribution >= 0.6 is 23.2 Å². The minimum absolute atomic E-state index is 0.298. The van der Waals surface area contributed by atoms with Crippen molar-refractivity contribution in [1.82, 2.24) is 0 Å². The van der Waals surface area contributed by atoms with E-state index >= 15 is 0 Å². The molecule has 0 unspecified atom stereocenters. The first kappa shape index (κ1) is 17.3. The first-order valence-electron chi connectivity index (χ1n) is 6.75. The monoisotopic (exact) mass is 352 g/mol. The molecule has 0 atom stereocenters. The van der Waals surface area contributed by atoms with Gasteiger partial charge in [0.15, 0.2) is 5.41 Å². The second-order valence-electron chi connectivity index (χ2n) is 5.31. The van der Waals surface area contributed by atoms with E-state index in [0.29, 0.717) is 21.5 Å². The zero-order valence-corrected chi connectivity index (χ0v) is 14.0. The normalized spacial score (nSPS) is 11.0. The van der Waals surface area contributed by atoms with E-state index in [1.54, 1.807) is 48.5 Å². The van der Waals surface area contributed by atoms with Crippen LogP contribution in [0.1, 0.15) is 13.8 Å². The molecule has 0 amide bonds. The second-order valence-corrected chi connectivity index (χ2v) is 6.18. The van der Waals surface area contributed by atoms with Crippen LogP contribution in [-0.4, -0.2) is 11.9 Å². The summed E-state index contributed by atoms with van der Waals surface area (Å²) in [5.74, 6) is -0.851. The highest BCUT2D eigenvalue weighted by atomic mass is 35.5. The zero-order valence-electron chi connectivity index (χ0n) is 12.5. The molecule has 0 aromatic heterocycles. The van der Waals surface area contributed by atoms with E-state index in [1.165, 1.54) is 13.8 Å². The van der Waals surface area contributed by atoms with Crippen molar-refractivity contribution in [2.24, 2.45) is 5.41 Å². The number of hydrogen-bond acceptors (Lipinski definition) is 4. The van der Waals surface area contributed by atoms with Gasteiger partial charge in [-0.15, -0.1) is 0 Å². The summed E-state index contributed by atoms with van der Waals surface area (Å²) in [5, 5.41) is 1.04. The van der Waals surface area contributed by atoms with Crippen molar-refractivity contribution in [3.63, 3.8) is 0 Å². The highest BCUT2D eigenvalue weighted by Crippen LogP contribution is 2.25. The van der Waals surface area contributed by atoms with Gasteiger partial charge in [0.2, 0.25) is 0 Å². The topological polar surface area (TPSA) is 52.6 Å². The van der Waals surface area contributed by atoms with Crippen molar-refractivity contribution in [2.45, 2.75) is 13.8 Å². The largest absolute Gasteiger partial charge is 0.426 e. The molecule has 0 saturated carbocycles. The lowest BCUT2D eigenvalue weighted by Crippen LogP contribution is -2.39. The Morgan fingerprint density at radius 1 is 0.739 bits per heavy atom. The Balaban J connectivity index is 2.06. The summed E-state index contributed by atoms with van der Waals surface area (Å²) in [6.07, 6.45) is 0. The van der Waals surface area contributed by atoms with Gasteiger partial charge in [-0.25, -0.2) is 0 Å². The van der Waals surface area contributed by atoms with Gasteiger partial charge in [-0.1, -0.05) is 23.2 Å². The third-order valence-electron chi connectivity index (χ3n) is 3.07. The smallest absolute Gasteiger partial charge is 0.328 e. The lowest BCUT2D eigenvalue weighted by atomic mass is 9.94. The molecule has 0 radical (unpaired) electrons. The predicted octanol–water partition coefficient (Wildman–Crippen LogP) is 4.53. The summed E-state index contributed by atoms with van der Waals surface area (Å²) in [6.45, 7) is 2.87. The third-order valence-corrected chi connectivity index (χ3v) is 3.57. The molecule has 23 heavy (non-hydrogen) atoms. The number of rotatable bonds is 4. The van der Waals surface area contributed by atoms with E-state index in [-0.39, 0.29) is 0 Å². The molecular formula is C17H14Cl2O4. The summed E-state index contributed by atoms with van der Waals surface area (Å²) in [7, 11) is 0. The summed E-state index contributed by atoms with van der Waals surface area (Å²) >= 11 is 11.5. The van der Waals surface area contributed by atoms with E-state index in [2.05, 4.69) is 0 Å². The standard InChI is InChI=1S/C17H14Cl2O4/c1-17(2,15(20)22-13-7-3-11(18)4-8-13)16(21)23-14-9-5-12(19)6-10-14/h3-10H,1-2H3. The number of carbonyl (C=O) groups excluding carboxylic acids is 2. The minimum atomic E-state index is -1.47. The molecule has 0 aliphatic carbocycles. The Morgan fingerprint density at radius 3 is 1.35 bits per heavy atom. The van der Waals surface area contributed by atoms with Crippen molar-refractivity contribution in [3.8, 4) is 11.5 Å². The SMILES string of the molecule is CC(C)(C(=O)Oc1ccc(Cl)cc1)C(=O)Oc1ccc(Cl)cc1. The van der Waals surface area contributed by atoms with Crippen molar-refractivity contribution >= 4 is 35.1 Å². The number of benzene rings is 2. The van der Waals surface area contributed by atoms with Gasteiger partial charge in [-0.2, -0.15) is 0 Å². The van der Waals surface area contributed by atoms with Crippen molar-refractivity contribution in [1.29, 1.82) is 0 Å². The van der Waals surface area contributed by atoms with Gasteiger partial charge >= 0.3 is 11.9 Å². The van der Waals surface area contributed by atoms with Crippen LogP contribution in [0.3, 0.4) is 0 Å². The lowest BCUT2D eigenvalue weighted by molar-refractivity contribution is -0.158. The van der Waals surface area contributed by atoms with Gasteiger partial charge in [0.05, 0.1) is 0 Å². The molecule has 6 heteroatoms. The van der Waals surface area contributed by atoms with Crippen molar-refractivity contribution in [3.05, 3.63) is 58.6 Å². The highest BCUT2D eigenvalue weighted by Gasteiger charge is 2.40. The van der Waals surface area contributed by atoms with Crippen LogP contribution in [0.2, 0.25) is 10.0 Å². The van der Waals surface area contributed by atoms with Gasteiger partial charge in [-0.3, -0.25) is 9.59 Å². The first-order valence-corrected chi connectivity index (χ1v) is 7.50. The molecule has 0 saturated heterocycles. The molecule has 2 aromatic carbocycles.